The minimum atomic E-state index is -0.164. The van der Waals surface area contributed by atoms with Crippen molar-refractivity contribution in [3.8, 4) is 0 Å². The Morgan fingerprint density at radius 1 is 1.19 bits per heavy atom. The van der Waals surface area contributed by atoms with Gasteiger partial charge < -0.3 is 4.90 Å². The summed E-state index contributed by atoms with van der Waals surface area (Å²) in [4.78, 5) is 18.6. The monoisotopic (exact) mass is 349 g/mol. The summed E-state index contributed by atoms with van der Waals surface area (Å²) in [6.45, 7) is 5.18. The molecule has 0 N–H and O–H groups in total. The predicted octanol–water partition coefficient (Wildman–Crippen LogP) is 2.86. The van der Waals surface area contributed by atoms with E-state index in [0.717, 1.165) is 17.7 Å². The van der Waals surface area contributed by atoms with Gasteiger partial charge in [-0.1, -0.05) is 42.5 Å². The van der Waals surface area contributed by atoms with Gasteiger partial charge in [-0.25, -0.2) is 4.68 Å². The van der Waals surface area contributed by atoms with Gasteiger partial charge in [0.15, 0.2) is 5.69 Å². The van der Waals surface area contributed by atoms with Crippen LogP contribution in [0, 0.1) is 6.92 Å². The molecule has 0 radical (unpaired) electrons. The molecule has 1 aromatic carbocycles. The number of carbonyl (C=O) groups is 1. The van der Waals surface area contributed by atoms with E-state index in [2.05, 4.69) is 41.3 Å². The molecule has 2 heterocycles. The molecule has 26 heavy (non-hydrogen) atoms. The van der Waals surface area contributed by atoms with E-state index in [1.165, 1.54) is 11.1 Å². The molecule has 0 aliphatic heterocycles. The number of pyridine rings is 1. The van der Waals surface area contributed by atoms with Crippen molar-refractivity contribution in [1.29, 1.82) is 0 Å². The number of aryl methyl sites for hydroxylation is 2. The summed E-state index contributed by atoms with van der Waals surface area (Å²) in [6.07, 6.45) is 4.50. The van der Waals surface area contributed by atoms with Gasteiger partial charge in [-0.3, -0.25) is 9.78 Å². The fourth-order valence-corrected chi connectivity index (χ4v) is 2.70. The average Bonchev–Trinajstić information content (AvgIpc) is 3.12. The Balaban J connectivity index is 1.65. The molecule has 0 saturated heterocycles. The second-order valence-electron chi connectivity index (χ2n) is 6.40. The summed E-state index contributed by atoms with van der Waals surface area (Å²) < 4.78 is 1.69. The van der Waals surface area contributed by atoms with E-state index >= 15 is 0 Å². The fraction of sp³-hybridized carbons (Fsp3) is 0.300. The zero-order chi connectivity index (χ0) is 18.5. The van der Waals surface area contributed by atoms with Crippen molar-refractivity contribution in [2.24, 2.45) is 0 Å². The molecule has 6 heteroatoms. The number of benzene rings is 1. The van der Waals surface area contributed by atoms with Gasteiger partial charge in [0.05, 0.1) is 25.0 Å². The molecule has 3 rings (SSSR count). The van der Waals surface area contributed by atoms with Crippen LogP contribution >= 0.6 is 0 Å². The first-order valence-corrected chi connectivity index (χ1v) is 8.70. The Morgan fingerprint density at radius 3 is 2.69 bits per heavy atom. The van der Waals surface area contributed by atoms with Crippen LogP contribution in [0.1, 0.15) is 39.8 Å². The summed E-state index contributed by atoms with van der Waals surface area (Å²) in [6, 6.07) is 12.1. The topological polar surface area (TPSA) is 63.9 Å². The summed E-state index contributed by atoms with van der Waals surface area (Å²) in [5.74, 6) is -0.164. The number of rotatable bonds is 6. The molecule has 0 spiro atoms. The van der Waals surface area contributed by atoms with Gasteiger partial charge >= 0.3 is 0 Å². The van der Waals surface area contributed by atoms with Crippen molar-refractivity contribution in [2.75, 3.05) is 7.05 Å². The van der Waals surface area contributed by atoms with Crippen LogP contribution < -0.4 is 0 Å². The first-order chi connectivity index (χ1) is 12.6. The van der Waals surface area contributed by atoms with Gasteiger partial charge in [-0.2, -0.15) is 0 Å². The Morgan fingerprint density at radius 2 is 2.00 bits per heavy atom. The van der Waals surface area contributed by atoms with Gasteiger partial charge in [0.25, 0.3) is 5.91 Å². The molecule has 134 valence electrons. The van der Waals surface area contributed by atoms with Crippen molar-refractivity contribution in [3.05, 3.63) is 76.9 Å². The van der Waals surface area contributed by atoms with Crippen molar-refractivity contribution in [3.63, 3.8) is 0 Å². The van der Waals surface area contributed by atoms with Gasteiger partial charge in [-0.05, 0) is 36.1 Å². The van der Waals surface area contributed by atoms with Crippen LogP contribution in [0.2, 0.25) is 0 Å². The van der Waals surface area contributed by atoms with E-state index in [4.69, 9.17) is 0 Å². The largest absolute Gasteiger partial charge is 0.334 e. The summed E-state index contributed by atoms with van der Waals surface area (Å²) in [7, 11) is 1.75. The summed E-state index contributed by atoms with van der Waals surface area (Å²) in [5.41, 5.74) is 4.72. The van der Waals surface area contributed by atoms with Gasteiger partial charge in [0.2, 0.25) is 0 Å². The lowest BCUT2D eigenvalue weighted by atomic mass is 10.1. The smallest absolute Gasteiger partial charge is 0.276 e. The average molecular weight is 349 g/mol. The number of hydrogen-bond acceptors (Lipinski definition) is 4. The Labute approximate surface area is 153 Å². The molecular weight excluding hydrogens is 326 g/mol. The Hall–Kier alpha value is -3.02. The third-order valence-electron chi connectivity index (χ3n) is 4.39. The predicted molar refractivity (Wildman–Crippen MR) is 99.7 cm³/mol. The molecule has 0 unspecified atom stereocenters. The SMILES string of the molecule is CCc1ccc(CN(C)C(=O)c2cn(Cc3ccccc3C)nn2)nc1. The maximum Gasteiger partial charge on any atom is 0.276 e. The molecule has 3 aromatic rings. The highest BCUT2D eigenvalue weighted by molar-refractivity contribution is 5.91. The van der Waals surface area contributed by atoms with Gasteiger partial charge in [0, 0.05) is 13.2 Å². The van der Waals surface area contributed by atoms with Crippen LogP contribution in [0.5, 0.6) is 0 Å². The lowest BCUT2D eigenvalue weighted by Gasteiger charge is -2.15. The molecular formula is C20H23N5O. The van der Waals surface area contributed by atoms with Crippen LogP contribution in [0.25, 0.3) is 0 Å². The molecule has 0 fully saturated rings. The molecule has 6 nitrogen and oxygen atoms in total. The summed E-state index contributed by atoms with van der Waals surface area (Å²) in [5, 5.41) is 8.12. The van der Waals surface area contributed by atoms with E-state index in [0.29, 0.717) is 18.8 Å². The molecule has 0 saturated carbocycles. The minimum absolute atomic E-state index is 0.164. The third kappa shape index (κ3) is 4.14. The first-order valence-electron chi connectivity index (χ1n) is 8.70. The molecule has 0 bridgehead atoms. The lowest BCUT2D eigenvalue weighted by molar-refractivity contribution is 0.0777. The molecule has 2 aromatic heterocycles. The van der Waals surface area contributed by atoms with E-state index < -0.39 is 0 Å². The number of carbonyl (C=O) groups excluding carboxylic acids is 1. The normalized spacial score (nSPS) is 10.7. The van der Waals surface area contributed by atoms with Crippen molar-refractivity contribution >= 4 is 5.91 Å². The van der Waals surface area contributed by atoms with Crippen LogP contribution in [0.4, 0.5) is 0 Å². The molecule has 0 aliphatic carbocycles. The summed E-state index contributed by atoms with van der Waals surface area (Å²) >= 11 is 0. The van der Waals surface area contributed by atoms with Gasteiger partial charge in [0.1, 0.15) is 0 Å². The third-order valence-corrected chi connectivity index (χ3v) is 4.39. The highest BCUT2D eigenvalue weighted by Gasteiger charge is 2.16. The van der Waals surface area contributed by atoms with E-state index in [-0.39, 0.29) is 5.91 Å². The number of hydrogen-bond donors (Lipinski definition) is 0. The molecule has 0 aliphatic rings. The molecule has 1 amide bonds. The number of aromatic nitrogens is 4. The Kier molecular flexibility index (Phi) is 5.41. The quantitative estimate of drug-likeness (QED) is 0.686. The van der Waals surface area contributed by atoms with Crippen LogP contribution in [0.15, 0.2) is 48.8 Å². The molecule has 0 atom stereocenters. The maximum absolute atomic E-state index is 12.6. The highest BCUT2D eigenvalue weighted by atomic mass is 16.2. The zero-order valence-electron chi connectivity index (χ0n) is 15.4. The van der Waals surface area contributed by atoms with Crippen molar-refractivity contribution < 1.29 is 4.79 Å². The Bertz CT molecular complexity index is 885. The van der Waals surface area contributed by atoms with Crippen molar-refractivity contribution in [1.82, 2.24) is 24.9 Å². The van der Waals surface area contributed by atoms with Crippen LogP contribution in [-0.2, 0) is 19.5 Å². The van der Waals surface area contributed by atoms with Crippen LogP contribution in [0.3, 0.4) is 0 Å². The highest BCUT2D eigenvalue weighted by Crippen LogP contribution is 2.10. The van der Waals surface area contributed by atoms with E-state index in [9.17, 15) is 4.79 Å². The van der Waals surface area contributed by atoms with E-state index in [1.807, 2.05) is 30.5 Å². The minimum Gasteiger partial charge on any atom is -0.334 e. The zero-order valence-corrected chi connectivity index (χ0v) is 15.4. The fourth-order valence-electron chi connectivity index (χ4n) is 2.70. The maximum atomic E-state index is 12.6. The first kappa shape index (κ1) is 17.8. The standard InChI is InChI=1S/C20H23N5O/c1-4-16-9-10-18(21-11-16)13-24(3)20(26)19-14-25(23-22-19)12-17-8-6-5-7-15(17)2/h5-11,14H,4,12-13H2,1-3H3. The van der Waals surface area contributed by atoms with Crippen molar-refractivity contribution in [2.45, 2.75) is 33.4 Å². The number of amides is 1. The lowest BCUT2D eigenvalue weighted by Crippen LogP contribution is -2.27. The van der Waals surface area contributed by atoms with Gasteiger partial charge in [-0.15, -0.1) is 5.10 Å². The van der Waals surface area contributed by atoms with E-state index in [1.54, 1.807) is 22.8 Å². The number of nitrogens with zero attached hydrogens (tertiary/aromatic N) is 5. The second-order valence-corrected chi connectivity index (χ2v) is 6.40. The van der Waals surface area contributed by atoms with Crippen LogP contribution in [-0.4, -0.2) is 37.8 Å². The second kappa shape index (κ2) is 7.91.